The van der Waals surface area contributed by atoms with Crippen LogP contribution in [0.25, 0.3) is 0 Å². The Labute approximate surface area is 374 Å². The van der Waals surface area contributed by atoms with Gasteiger partial charge in [-0.05, 0) is 103 Å². The first kappa shape index (κ1) is 57.4. The first-order valence-electron chi connectivity index (χ1n) is 26.0. The number of ketones is 3. The molecule has 344 valence electrons. The number of carbonyl (C=O) groups excluding carboxylic acids is 3. The van der Waals surface area contributed by atoms with Gasteiger partial charge in [-0.15, -0.1) is 0 Å². The third-order valence-electron chi connectivity index (χ3n) is 11.6. The molecule has 0 radical (unpaired) electrons. The number of rotatable bonds is 47. The van der Waals surface area contributed by atoms with Crippen molar-refractivity contribution in [3.05, 3.63) is 72.9 Å². The van der Waals surface area contributed by atoms with Crippen molar-refractivity contribution in [3.8, 4) is 0 Å². The third kappa shape index (κ3) is 45.0. The molecule has 0 aromatic heterocycles. The highest BCUT2D eigenvalue weighted by Gasteiger charge is 2.24. The quantitative estimate of drug-likeness (QED) is 0.0349. The molecule has 0 saturated carbocycles. The number of hydrogen-bond acceptors (Lipinski definition) is 3. The summed E-state index contributed by atoms with van der Waals surface area (Å²) in [5.41, 5.74) is 0. The standard InChI is InChI=1S/C57H98O3/c1-4-7-10-13-16-19-22-25-28-31-34-37-40-43-46-49-55(58)52-54(57(60)51-48-45-42-39-36-33-30-27-24-21-18-15-12-9-6-3)53-56(59)50-47-44-41-38-35-32-29-26-23-20-17-14-11-8-5-2/h7,10,16,18-19,21-22,25-27,29-30,54H,4-6,8-9,11-15,17,20,23-24,28,31-53H2,1-3H3/b10-7-,19-16-,21-18-,25-22+,29-26-,30-27-. The Hall–Kier alpha value is -2.55. The van der Waals surface area contributed by atoms with E-state index in [4.69, 9.17) is 0 Å². The summed E-state index contributed by atoms with van der Waals surface area (Å²) in [5, 5.41) is 0. The summed E-state index contributed by atoms with van der Waals surface area (Å²) in [6.45, 7) is 6.68. The summed E-state index contributed by atoms with van der Waals surface area (Å²) in [6, 6.07) is 0. The van der Waals surface area contributed by atoms with Crippen LogP contribution in [0.15, 0.2) is 72.9 Å². The van der Waals surface area contributed by atoms with Crippen LogP contribution < -0.4 is 0 Å². The van der Waals surface area contributed by atoms with Crippen molar-refractivity contribution in [3.63, 3.8) is 0 Å². The molecule has 0 heterocycles. The van der Waals surface area contributed by atoms with Gasteiger partial charge in [0.05, 0.1) is 0 Å². The third-order valence-corrected chi connectivity index (χ3v) is 11.6. The van der Waals surface area contributed by atoms with E-state index in [2.05, 4.69) is 93.7 Å². The SMILES string of the molecule is CC/C=C\C/C=C\C=C\CCCCCCCCC(=O)CC(CC(=O)CCCCCCC/C=C\CCCCCCCC)C(=O)CCCCCCC/C=C\C/C=C\CCCCC. The Morgan fingerprint density at radius 1 is 0.333 bits per heavy atom. The number of carbonyl (C=O) groups is 3. The molecule has 0 saturated heterocycles. The predicted octanol–water partition coefficient (Wildman–Crippen LogP) is 18.5. The van der Waals surface area contributed by atoms with Crippen molar-refractivity contribution < 1.29 is 14.4 Å². The fourth-order valence-corrected chi connectivity index (χ4v) is 7.73. The molecule has 0 rings (SSSR count). The maximum absolute atomic E-state index is 13.4. The average molecular weight is 831 g/mol. The van der Waals surface area contributed by atoms with Crippen molar-refractivity contribution >= 4 is 17.3 Å². The van der Waals surface area contributed by atoms with E-state index in [1.54, 1.807) is 0 Å². The van der Waals surface area contributed by atoms with Crippen molar-refractivity contribution in [1.29, 1.82) is 0 Å². The highest BCUT2D eigenvalue weighted by molar-refractivity contribution is 5.92. The van der Waals surface area contributed by atoms with E-state index >= 15 is 0 Å². The molecule has 0 aliphatic carbocycles. The maximum Gasteiger partial charge on any atom is 0.136 e. The van der Waals surface area contributed by atoms with Gasteiger partial charge in [-0.1, -0.05) is 203 Å². The molecular formula is C57H98O3. The van der Waals surface area contributed by atoms with Gasteiger partial charge in [0.25, 0.3) is 0 Å². The molecule has 0 aromatic carbocycles. The molecule has 0 N–H and O–H groups in total. The van der Waals surface area contributed by atoms with Crippen LogP contribution >= 0.6 is 0 Å². The molecule has 0 amide bonds. The van der Waals surface area contributed by atoms with Crippen molar-refractivity contribution in [1.82, 2.24) is 0 Å². The van der Waals surface area contributed by atoms with E-state index < -0.39 is 5.92 Å². The first-order chi connectivity index (χ1) is 29.5. The monoisotopic (exact) mass is 831 g/mol. The van der Waals surface area contributed by atoms with Crippen LogP contribution in [0.2, 0.25) is 0 Å². The van der Waals surface area contributed by atoms with Gasteiger partial charge in [-0.3, -0.25) is 14.4 Å². The van der Waals surface area contributed by atoms with Crippen LogP contribution in [0.5, 0.6) is 0 Å². The van der Waals surface area contributed by atoms with Crippen LogP contribution in [0, 0.1) is 5.92 Å². The van der Waals surface area contributed by atoms with Crippen molar-refractivity contribution in [2.75, 3.05) is 0 Å². The van der Waals surface area contributed by atoms with E-state index in [0.29, 0.717) is 19.3 Å². The van der Waals surface area contributed by atoms with Crippen LogP contribution in [0.4, 0.5) is 0 Å². The summed E-state index contributed by atoms with van der Waals surface area (Å²) in [7, 11) is 0. The summed E-state index contributed by atoms with van der Waals surface area (Å²) < 4.78 is 0. The van der Waals surface area contributed by atoms with Crippen LogP contribution in [0.3, 0.4) is 0 Å². The molecule has 1 atom stereocenters. The topological polar surface area (TPSA) is 51.2 Å². The molecule has 0 fully saturated rings. The van der Waals surface area contributed by atoms with Crippen molar-refractivity contribution in [2.45, 2.75) is 265 Å². The summed E-state index contributed by atoms with van der Waals surface area (Å²) in [4.78, 5) is 39.6. The second-order valence-corrected chi connectivity index (χ2v) is 17.6. The molecular weight excluding hydrogens is 733 g/mol. The molecule has 60 heavy (non-hydrogen) atoms. The van der Waals surface area contributed by atoms with Crippen LogP contribution in [-0.2, 0) is 14.4 Å². The van der Waals surface area contributed by atoms with E-state index in [1.807, 2.05) is 0 Å². The lowest BCUT2D eigenvalue weighted by Crippen LogP contribution is -2.22. The van der Waals surface area contributed by atoms with Gasteiger partial charge in [-0.2, -0.15) is 0 Å². The van der Waals surface area contributed by atoms with Gasteiger partial charge in [0.2, 0.25) is 0 Å². The Bertz CT molecular complexity index is 1130. The zero-order valence-corrected chi connectivity index (χ0v) is 40.1. The molecule has 0 spiro atoms. The normalized spacial score (nSPS) is 12.8. The molecule has 0 aromatic rings. The molecule has 0 aliphatic rings. The van der Waals surface area contributed by atoms with E-state index in [1.165, 1.54) is 116 Å². The Balaban J connectivity index is 4.49. The predicted molar refractivity (Wildman–Crippen MR) is 266 cm³/mol. The number of hydrogen-bond donors (Lipinski definition) is 0. The lowest BCUT2D eigenvalue weighted by atomic mass is 9.87. The fraction of sp³-hybridized carbons (Fsp3) is 0.737. The van der Waals surface area contributed by atoms with Gasteiger partial charge in [0, 0.05) is 38.0 Å². The van der Waals surface area contributed by atoms with Gasteiger partial charge >= 0.3 is 0 Å². The number of allylic oxidation sites excluding steroid dienone is 12. The highest BCUT2D eigenvalue weighted by atomic mass is 16.1. The zero-order chi connectivity index (χ0) is 43.7. The summed E-state index contributed by atoms with van der Waals surface area (Å²) >= 11 is 0. The minimum absolute atomic E-state index is 0.143. The lowest BCUT2D eigenvalue weighted by molar-refractivity contribution is -0.131. The number of Topliss-reactive ketones (excluding diaryl/α,β-unsaturated/α-hetero) is 3. The molecule has 0 bridgehead atoms. The second kappa shape index (κ2) is 49.1. The molecule has 0 aliphatic heterocycles. The van der Waals surface area contributed by atoms with Gasteiger partial charge in [-0.25, -0.2) is 0 Å². The average Bonchev–Trinajstić information content (AvgIpc) is 3.24. The fourth-order valence-electron chi connectivity index (χ4n) is 7.73. The lowest BCUT2D eigenvalue weighted by Gasteiger charge is -2.15. The molecule has 3 nitrogen and oxygen atoms in total. The van der Waals surface area contributed by atoms with Gasteiger partial charge in [0.15, 0.2) is 0 Å². The van der Waals surface area contributed by atoms with Gasteiger partial charge in [0.1, 0.15) is 17.3 Å². The molecule has 1 unspecified atom stereocenters. The first-order valence-corrected chi connectivity index (χ1v) is 26.0. The van der Waals surface area contributed by atoms with E-state index in [9.17, 15) is 14.4 Å². The largest absolute Gasteiger partial charge is 0.300 e. The van der Waals surface area contributed by atoms with Crippen LogP contribution in [0.1, 0.15) is 265 Å². The van der Waals surface area contributed by atoms with E-state index in [-0.39, 0.29) is 30.2 Å². The smallest absolute Gasteiger partial charge is 0.136 e. The Morgan fingerprint density at radius 2 is 0.667 bits per heavy atom. The van der Waals surface area contributed by atoms with Gasteiger partial charge < -0.3 is 0 Å². The zero-order valence-electron chi connectivity index (χ0n) is 40.1. The second-order valence-electron chi connectivity index (χ2n) is 17.6. The van der Waals surface area contributed by atoms with Crippen molar-refractivity contribution in [2.24, 2.45) is 5.92 Å². The highest BCUT2D eigenvalue weighted by Crippen LogP contribution is 2.21. The Morgan fingerprint density at radius 3 is 1.15 bits per heavy atom. The summed E-state index contributed by atoms with van der Waals surface area (Å²) in [5.74, 6) is 0.0684. The summed E-state index contributed by atoms with van der Waals surface area (Å²) in [6.07, 6.45) is 67.9. The maximum atomic E-state index is 13.4. The molecule has 3 heteroatoms. The minimum Gasteiger partial charge on any atom is -0.300 e. The van der Waals surface area contributed by atoms with Crippen LogP contribution in [-0.4, -0.2) is 17.3 Å². The van der Waals surface area contributed by atoms with E-state index in [0.717, 1.165) is 96.3 Å². The number of unbranched alkanes of at least 4 members (excludes halogenated alkanes) is 25. The minimum atomic E-state index is -0.422. The Kier molecular flexibility index (Phi) is 47.0.